The van der Waals surface area contributed by atoms with E-state index < -0.39 is 0 Å². The monoisotopic (exact) mass is 300 g/mol. The number of anilines is 1. The predicted octanol–water partition coefficient (Wildman–Crippen LogP) is 3.60. The van der Waals surface area contributed by atoms with Gasteiger partial charge < -0.3 is 5.32 Å². The lowest BCUT2D eigenvalue weighted by Gasteiger charge is -2.15. The molecule has 21 heavy (non-hydrogen) atoms. The molecule has 1 N–H and O–H groups in total. The zero-order valence-electron chi connectivity index (χ0n) is 11.9. The SMILES string of the molecule is Cc1cc(Cl)ccc1NC(=O)CN1Cc2ccccc2C1. The van der Waals surface area contributed by atoms with E-state index in [1.165, 1.54) is 11.1 Å². The van der Waals surface area contributed by atoms with Gasteiger partial charge in [-0.1, -0.05) is 35.9 Å². The first-order chi connectivity index (χ1) is 10.1. The zero-order chi connectivity index (χ0) is 14.8. The number of hydrogen-bond acceptors (Lipinski definition) is 2. The highest BCUT2D eigenvalue weighted by Gasteiger charge is 2.20. The third kappa shape index (κ3) is 3.26. The highest BCUT2D eigenvalue weighted by Crippen LogP contribution is 2.23. The maximum Gasteiger partial charge on any atom is 0.238 e. The van der Waals surface area contributed by atoms with Crippen LogP contribution >= 0.6 is 11.6 Å². The average Bonchev–Trinajstić information content (AvgIpc) is 2.84. The van der Waals surface area contributed by atoms with E-state index in [4.69, 9.17) is 11.6 Å². The molecular formula is C17H17ClN2O. The summed E-state index contributed by atoms with van der Waals surface area (Å²) >= 11 is 5.92. The number of nitrogens with zero attached hydrogens (tertiary/aromatic N) is 1. The van der Waals surface area contributed by atoms with E-state index in [9.17, 15) is 4.79 Å². The molecule has 2 aromatic rings. The van der Waals surface area contributed by atoms with Crippen molar-refractivity contribution in [1.29, 1.82) is 0 Å². The van der Waals surface area contributed by atoms with Gasteiger partial charge >= 0.3 is 0 Å². The number of rotatable bonds is 3. The summed E-state index contributed by atoms with van der Waals surface area (Å²) < 4.78 is 0. The molecule has 0 saturated heterocycles. The van der Waals surface area contributed by atoms with Gasteiger partial charge in [0, 0.05) is 23.8 Å². The Bertz CT molecular complexity index is 659. The Balaban J connectivity index is 1.61. The van der Waals surface area contributed by atoms with Gasteiger partial charge in [0.2, 0.25) is 5.91 Å². The van der Waals surface area contributed by atoms with Crippen LogP contribution in [0.3, 0.4) is 0 Å². The Hall–Kier alpha value is -1.84. The highest BCUT2D eigenvalue weighted by molar-refractivity contribution is 6.30. The maximum atomic E-state index is 12.2. The molecular weight excluding hydrogens is 284 g/mol. The number of carbonyl (C=O) groups excluding carboxylic acids is 1. The van der Waals surface area contributed by atoms with Crippen LogP contribution in [0.2, 0.25) is 5.02 Å². The average molecular weight is 301 g/mol. The van der Waals surface area contributed by atoms with Crippen LogP contribution in [0.4, 0.5) is 5.69 Å². The van der Waals surface area contributed by atoms with Crippen molar-refractivity contribution in [2.45, 2.75) is 20.0 Å². The van der Waals surface area contributed by atoms with Crippen LogP contribution in [-0.4, -0.2) is 17.4 Å². The van der Waals surface area contributed by atoms with Crippen LogP contribution in [-0.2, 0) is 17.9 Å². The first-order valence-electron chi connectivity index (χ1n) is 6.97. The number of benzene rings is 2. The molecule has 0 bridgehead atoms. The van der Waals surface area contributed by atoms with Gasteiger partial charge in [0.25, 0.3) is 0 Å². The second-order valence-corrected chi connectivity index (χ2v) is 5.86. The van der Waals surface area contributed by atoms with Crippen LogP contribution < -0.4 is 5.32 Å². The minimum absolute atomic E-state index is 0.00762. The van der Waals surface area contributed by atoms with Crippen molar-refractivity contribution < 1.29 is 4.79 Å². The molecule has 3 rings (SSSR count). The van der Waals surface area contributed by atoms with Crippen LogP contribution in [0.1, 0.15) is 16.7 Å². The Labute approximate surface area is 129 Å². The molecule has 0 atom stereocenters. The fourth-order valence-electron chi connectivity index (χ4n) is 2.68. The third-order valence-electron chi connectivity index (χ3n) is 3.74. The summed E-state index contributed by atoms with van der Waals surface area (Å²) in [6.07, 6.45) is 0. The van der Waals surface area contributed by atoms with Gasteiger partial charge in [0.05, 0.1) is 6.54 Å². The smallest absolute Gasteiger partial charge is 0.238 e. The van der Waals surface area contributed by atoms with E-state index >= 15 is 0 Å². The van der Waals surface area contributed by atoms with Crippen molar-refractivity contribution in [3.05, 3.63) is 64.2 Å². The second-order valence-electron chi connectivity index (χ2n) is 5.42. The maximum absolute atomic E-state index is 12.2. The van der Waals surface area contributed by atoms with Crippen LogP contribution in [0.15, 0.2) is 42.5 Å². The van der Waals surface area contributed by atoms with Crippen molar-refractivity contribution >= 4 is 23.2 Å². The summed E-state index contributed by atoms with van der Waals surface area (Å²) in [7, 11) is 0. The van der Waals surface area contributed by atoms with E-state index in [-0.39, 0.29) is 5.91 Å². The molecule has 0 fully saturated rings. The molecule has 1 aliphatic heterocycles. The molecule has 0 radical (unpaired) electrons. The number of hydrogen-bond donors (Lipinski definition) is 1. The number of halogens is 1. The third-order valence-corrected chi connectivity index (χ3v) is 3.97. The van der Waals surface area contributed by atoms with Gasteiger partial charge in [-0.3, -0.25) is 9.69 Å². The number of aryl methyl sites for hydroxylation is 1. The fourth-order valence-corrected chi connectivity index (χ4v) is 2.90. The number of nitrogens with one attached hydrogen (secondary N) is 1. The molecule has 1 heterocycles. The molecule has 0 aromatic heterocycles. The summed E-state index contributed by atoms with van der Waals surface area (Å²) in [6.45, 7) is 4.01. The molecule has 0 aliphatic carbocycles. The lowest BCUT2D eigenvalue weighted by Crippen LogP contribution is -2.29. The van der Waals surface area contributed by atoms with Gasteiger partial charge in [0.1, 0.15) is 0 Å². The van der Waals surface area contributed by atoms with Crippen LogP contribution in [0.25, 0.3) is 0 Å². The standard InChI is InChI=1S/C17H17ClN2O/c1-12-8-15(18)6-7-16(12)19-17(21)11-20-9-13-4-2-3-5-14(13)10-20/h2-8H,9-11H2,1H3,(H,19,21). The molecule has 2 aromatic carbocycles. The molecule has 3 nitrogen and oxygen atoms in total. The van der Waals surface area contributed by atoms with Crippen molar-refractivity contribution in [1.82, 2.24) is 4.90 Å². The molecule has 1 amide bonds. The normalized spacial score (nSPS) is 14.0. The van der Waals surface area contributed by atoms with Gasteiger partial charge in [-0.15, -0.1) is 0 Å². The summed E-state index contributed by atoms with van der Waals surface area (Å²) in [4.78, 5) is 14.3. The zero-order valence-corrected chi connectivity index (χ0v) is 12.7. The first kappa shape index (κ1) is 14.1. The minimum Gasteiger partial charge on any atom is -0.325 e. The fraction of sp³-hybridized carbons (Fsp3) is 0.235. The van der Waals surface area contributed by atoms with Gasteiger partial charge in [-0.2, -0.15) is 0 Å². The van der Waals surface area contributed by atoms with Gasteiger partial charge in [0.15, 0.2) is 0 Å². The number of carbonyl (C=O) groups is 1. The Morgan fingerprint density at radius 1 is 1.19 bits per heavy atom. The lowest BCUT2D eigenvalue weighted by molar-refractivity contribution is -0.117. The van der Waals surface area contributed by atoms with E-state index in [1.807, 2.05) is 31.2 Å². The largest absolute Gasteiger partial charge is 0.325 e. The Morgan fingerprint density at radius 3 is 2.48 bits per heavy atom. The number of fused-ring (bicyclic) bond motifs is 1. The number of amides is 1. The highest BCUT2D eigenvalue weighted by atomic mass is 35.5. The van der Waals surface area contributed by atoms with E-state index in [1.54, 1.807) is 6.07 Å². The summed E-state index contributed by atoms with van der Waals surface area (Å²) in [6, 6.07) is 13.8. The van der Waals surface area contributed by atoms with Gasteiger partial charge in [-0.25, -0.2) is 0 Å². The van der Waals surface area contributed by atoms with Crippen LogP contribution in [0, 0.1) is 6.92 Å². The summed E-state index contributed by atoms with van der Waals surface area (Å²) in [5.74, 6) is 0.00762. The predicted molar refractivity (Wildman–Crippen MR) is 85.4 cm³/mol. The molecule has 0 saturated carbocycles. The Morgan fingerprint density at radius 2 is 1.86 bits per heavy atom. The van der Waals surface area contributed by atoms with E-state index in [0.717, 1.165) is 24.3 Å². The van der Waals surface area contributed by atoms with Crippen molar-refractivity contribution in [3.8, 4) is 0 Å². The van der Waals surface area contributed by atoms with Crippen molar-refractivity contribution in [3.63, 3.8) is 0 Å². The molecule has 0 unspecified atom stereocenters. The van der Waals surface area contributed by atoms with Crippen molar-refractivity contribution in [2.24, 2.45) is 0 Å². The second kappa shape index (κ2) is 5.88. The molecule has 4 heteroatoms. The topological polar surface area (TPSA) is 32.3 Å². The van der Waals surface area contributed by atoms with Gasteiger partial charge in [-0.05, 0) is 41.8 Å². The van der Waals surface area contributed by atoms with Crippen molar-refractivity contribution in [2.75, 3.05) is 11.9 Å². The first-order valence-corrected chi connectivity index (χ1v) is 7.35. The lowest BCUT2D eigenvalue weighted by atomic mass is 10.1. The van der Waals surface area contributed by atoms with Crippen LogP contribution in [0.5, 0.6) is 0 Å². The molecule has 1 aliphatic rings. The van der Waals surface area contributed by atoms with E-state index in [0.29, 0.717) is 11.6 Å². The molecule has 0 spiro atoms. The summed E-state index contributed by atoms with van der Waals surface area (Å²) in [5.41, 5.74) is 4.42. The summed E-state index contributed by atoms with van der Waals surface area (Å²) in [5, 5.41) is 3.63. The minimum atomic E-state index is 0.00762. The molecule has 108 valence electrons. The quantitative estimate of drug-likeness (QED) is 0.939. The van der Waals surface area contributed by atoms with E-state index in [2.05, 4.69) is 22.3 Å². The Kier molecular flexibility index (Phi) is 3.95.